The molecular formula is C15H23NO3. The predicted molar refractivity (Wildman–Crippen MR) is 75.4 cm³/mol. The Morgan fingerprint density at radius 1 is 1.26 bits per heavy atom. The minimum Gasteiger partial charge on any atom is -0.491 e. The van der Waals surface area contributed by atoms with Gasteiger partial charge in [0.2, 0.25) is 0 Å². The van der Waals surface area contributed by atoms with Crippen LogP contribution in [0.15, 0.2) is 24.3 Å². The van der Waals surface area contributed by atoms with Crippen molar-refractivity contribution >= 4 is 5.97 Å². The van der Waals surface area contributed by atoms with Crippen LogP contribution >= 0.6 is 0 Å². The molecule has 1 aromatic carbocycles. The fourth-order valence-corrected chi connectivity index (χ4v) is 1.93. The molecule has 0 bridgehead atoms. The second kappa shape index (κ2) is 7.14. The molecular weight excluding hydrogens is 242 g/mol. The largest absolute Gasteiger partial charge is 0.491 e. The van der Waals surface area contributed by atoms with Crippen LogP contribution in [0.1, 0.15) is 38.8 Å². The van der Waals surface area contributed by atoms with Crippen LogP contribution in [0.25, 0.3) is 0 Å². The standard InChI is InChI=1S/C15H23NO3/c1-10(2)19-13-7-5-12(6-8-13)14(16-4)9-11(3)15(17)18/h5-8,10-11,14,16H,9H2,1-4H3,(H,17,18). The van der Waals surface area contributed by atoms with Gasteiger partial charge in [0.05, 0.1) is 12.0 Å². The highest BCUT2D eigenvalue weighted by atomic mass is 16.5. The van der Waals surface area contributed by atoms with E-state index >= 15 is 0 Å². The first-order valence-corrected chi connectivity index (χ1v) is 6.60. The molecule has 1 aromatic rings. The van der Waals surface area contributed by atoms with Gasteiger partial charge in [0, 0.05) is 6.04 Å². The van der Waals surface area contributed by atoms with Gasteiger partial charge in [-0.1, -0.05) is 19.1 Å². The maximum absolute atomic E-state index is 10.9. The van der Waals surface area contributed by atoms with Crippen LogP contribution in [0.2, 0.25) is 0 Å². The van der Waals surface area contributed by atoms with Gasteiger partial charge >= 0.3 is 5.97 Å². The van der Waals surface area contributed by atoms with Crippen molar-refractivity contribution in [2.24, 2.45) is 5.92 Å². The van der Waals surface area contributed by atoms with E-state index in [-0.39, 0.29) is 18.1 Å². The van der Waals surface area contributed by atoms with Crippen LogP contribution in [0.4, 0.5) is 0 Å². The molecule has 0 saturated heterocycles. The Balaban J connectivity index is 2.73. The lowest BCUT2D eigenvalue weighted by Gasteiger charge is -2.19. The van der Waals surface area contributed by atoms with E-state index in [0.717, 1.165) is 11.3 Å². The lowest BCUT2D eigenvalue weighted by atomic mass is 9.96. The summed E-state index contributed by atoms with van der Waals surface area (Å²) in [5, 5.41) is 12.1. The molecule has 2 atom stereocenters. The zero-order chi connectivity index (χ0) is 14.4. The number of carbonyl (C=O) groups is 1. The molecule has 0 aliphatic rings. The molecule has 0 fully saturated rings. The monoisotopic (exact) mass is 265 g/mol. The number of aliphatic carboxylic acids is 1. The number of benzene rings is 1. The average molecular weight is 265 g/mol. The lowest BCUT2D eigenvalue weighted by molar-refractivity contribution is -0.141. The second-order valence-corrected chi connectivity index (χ2v) is 5.05. The maximum Gasteiger partial charge on any atom is 0.306 e. The van der Waals surface area contributed by atoms with Crippen molar-refractivity contribution in [3.8, 4) is 5.75 Å². The third-order valence-electron chi connectivity index (χ3n) is 3.01. The van der Waals surface area contributed by atoms with Crippen LogP contribution in [0, 0.1) is 5.92 Å². The zero-order valence-electron chi connectivity index (χ0n) is 12.0. The van der Waals surface area contributed by atoms with Crippen LogP contribution in [-0.2, 0) is 4.79 Å². The van der Waals surface area contributed by atoms with Crippen LogP contribution < -0.4 is 10.1 Å². The number of hydrogen-bond donors (Lipinski definition) is 2. The predicted octanol–water partition coefficient (Wildman–Crippen LogP) is 2.85. The SMILES string of the molecule is CNC(CC(C)C(=O)O)c1ccc(OC(C)C)cc1. The summed E-state index contributed by atoms with van der Waals surface area (Å²) in [7, 11) is 1.85. The third-order valence-corrected chi connectivity index (χ3v) is 3.01. The number of nitrogens with one attached hydrogen (secondary N) is 1. The summed E-state index contributed by atoms with van der Waals surface area (Å²) in [4.78, 5) is 10.9. The van der Waals surface area contributed by atoms with Gasteiger partial charge in [-0.05, 0) is 45.0 Å². The Morgan fingerprint density at radius 3 is 2.26 bits per heavy atom. The molecule has 0 aromatic heterocycles. The minimum atomic E-state index is -0.764. The van der Waals surface area contributed by atoms with Gasteiger partial charge in [0.1, 0.15) is 5.75 Å². The van der Waals surface area contributed by atoms with Crippen molar-refractivity contribution in [1.82, 2.24) is 5.32 Å². The van der Waals surface area contributed by atoms with E-state index in [1.54, 1.807) is 6.92 Å². The van der Waals surface area contributed by atoms with Gasteiger partial charge in [-0.2, -0.15) is 0 Å². The maximum atomic E-state index is 10.9. The second-order valence-electron chi connectivity index (χ2n) is 5.05. The molecule has 4 heteroatoms. The zero-order valence-corrected chi connectivity index (χ0v) is 12.0. The van der Waals surface area contributed by atoms with E-state index in [4.69, 9.17) is 9.84 Å². The molecule has 106 valence electrons. The van der Waals surface area contributed by atoms with Crippen molar-refractivity contribution in [3.05, 3.63) is 29.8 Å². The highest BCUT2D eigenvalue weighted by Gasteiger charge is 2.18. The van der Waals surface area contributed by atoms with Gasteiger partial charge in [-0.25, -0.2) is 0 Å². The molecule has 0 amide bonds. The van der Waals surface area contributed by atoms with Crippen LogP contribution in [-0.4, -0.2) is 24.2 Å². The van der Waals surface area contributed by atoms with Crippen molar-refractivity contribution in [1.29, 1.82) is 0 Å². The van der Waals surface area contributed by atoms with E-state index in [1.165, 1.54) is 0 Å². The molecule has 0 saturated carbocycles. The first-order valence-electron chi connectivity index (χ1n) is 6.60. The van der Waals surface area contributed by atoms with Crippen molar-refractivity contribution < 1.29 is 14.6 Å². The van der Waals surface area contributed by atoms with E-state index in [1.807, 2.05) is 45.2 Å². The Hall–Kier alpha value is -1.55. The molecule has 4 nitrogen and oxygen atoms in total. The number of rotatable bonds is 7. The number of hydrogen-bond acceptors (Lipinski definition) is 3. The molecule has 1 rings (SSSR count). The topological polar surface area (TPSA) is 58.6 Å². The third kappa shape index (κ3) is 4.91. The Morgan fingerprint density at radius 2 is 1.84 bits per heavy atom. The Kier molecular flexibility index (Phi) is 5.83. The number of carboxylic acid groups (broad SMARTS) is 1. The summed E-state index contributed by atoms with van der Waals surface area (Å²) in [5.41, 5.74) is 1.08. The summed E-state index contributed by atoms with van der Waals surface area (Å²) in [6.45, 7) is 5.70. The van der Waals surface area contributed by atoms with E-state index in [2.05, 4.69) is 5.32 Å². The Labute approximate surface area is 114 Å². The summed E-state index contributed by atoms with van der Waals surface area (Å²) >= 11 is 0. The molecule has 0 heterocycles. The number of ether oxygens (including phenoxy) is 1. The van der Waals surface area contributed by atoms with Gasteiger partial charge in [0.15, 0.2) is 0 Å². The Bertz CT molecular complexity index is 400. The van der Waals surface area contributed by atoms with Gasteiger partial charge in [-0.15, -0.1) is 0 Å². The molecule has 2 unspecified atom stereocenters. The highest BCUT2D eigenvalue weighted by molar-refractivity contribution is 5.69. The smallest absolute Gasteiger partial charge is 0.306 e. The first kappa shape index (κ1) is 15.5. The van der Waals surface area contributed by atoms with Crippen molar-refractivity contribution in [3.63, 3.8) is 0 Å². The van der Waals surface area contributed by atoms with Gasteiger partial charge in [-0.3, -0.25) is 4.79 Å². The highest BCUT2D eigenvalue weighted by Crippen LogP contribution is 2.23. The van der Waals surface area contributed by atoms with E-state index in [9.17, 15) is 4.79 Å². The summed E-state index contributed by atoms with van der Waals surface area (Å²) < 4.78 is 5.59. The fraction of sp³-hybridized carbons (Fsp3) is 0.533. The van der Waals surface area contributed by atoms with Crippen molar-refractivity contribution in [2.75, 3.05) is 7.05 Å². The molecule has 0 aliphatic carbocycles. The molecule has 0 aliphatic heterocycles. The average Bonchev–Trinajstić information content (AvgIpc) is 2.36. The molecule has 2 N–H and O–H groups in total. The lowest BCUT2D eigenvalue weighted by Crippen LogP contribution is -2.22. The minimum absolute atomic E-state index is 0.0409. The van der Waals surface area contributed by atoms with E-state index in [0.29, 0.717) is 6.42 Å². The molecule has 19 heavy (non-hydrogen) atoms. The van der Waals surface area contributed by atoms with Gasteiger partial charge < -0.3 is 15.2 Å². The summed E-state index contributed by atoms with van der Waals surface area (Å²) in [6, 6.07) is 7.84. The molecule has 0 radical (unpaired) electrons. The molecule has 0 spiro atoms. The normalized spacial score (nSPS) is 14.2. The first-order chi connectivity index (χ1) is 8.93. The van der Waals surface area contributed by atoms with Gasteiger partial charge in [0.25, 0.3) is 0 Å². The summed E-state index contributed by atoms with van der Waals surface area (Å²) in [6.07, 6.45) is 0.717. The summed E-state index contributed by atoms with van der Waals surface area (Å²) in [5.74, 6) is -0.302. The van der Waals surface area contributed by atoms with Crippen LogP contribution in [0.5, 0.6) is 5.75 Å². The van der Waals surface area contributed by atoms with Crippen LogP contribution in [0.3, 0.4) is 0 Å². The van der Waals surface area contributed by atoms with Crippen molar-refractivity contribution in [2.45, 2.75) is 39.3 Å². The fourth-order valence-electron chi connectivity index (χ4n) is 1.93. The van der Waals surface area contributed by atoms with E-state index < -0.39 is 5.97 Å². The number of carboxylic acids is 1. The quantitative estimate of drug-likeness (QED) is 0.796.